The van der Waals surface area contributed by atoms with E-state index in [9.17, 15) is 5.11 Å². The van der Waals surface area contributed by atoms with Gasteiger partial charge in [-0.05, 0) is 38.0 Å². The molecule has 2 fully saturated rings. The highest BCUT2D eigenvalue weighted by Crippen LogP contribution is 2.44. The van der Waals surface area contributed by atoms with Gasteiger partial charge in [-0.1, -0.05) is 26.2 Å². The molecule has 2 aliphatic rings. The smallest absolute Gasteiger partial charge is 0.0687 e. The molecular formula is C13H24O2. The van der Waals surface area contributed by atoms with Crippen LogP contribution in [0.25, 0.3) is 0 Å². The van der Waals surface area contributed by atoms with Gasteiger partial charge in [0.15, 0.2) is 0 Å². The van der Waals surface area contributed by atoms with E-state index >= 15 is 0 Å². The quantitative estimate of drug-likeness (QED) is 0.776. The van der Waals surface area contributed by atoms with Crippen LogP contribution in [0.2, 0.25) is 0 Å². The Balaban J connectivity index is 1.81. The number of aliphatic hydroxyl groups excluding tert-OH is 1. The van der Waals surface area contributed by atoms with E-state index in [0.717, 1.165) is 12.8 Å². The molecule has 1 spiro atoms. The van der Waals surface area contributed by atoms with E-state index < -0.39 is 0 Å². The summed E-state index contributed by atoms with van der Waals surface area (Å²) in [6.45, 7) is 2.48. The molecule has 1 N–H and O–H groups in total. The summed E-state index contributed by atoms with van der Waals surface area (Å²) in [4.78, 5) is 0. The van der Waals surface area contributed by atoms with Gasteiger partial charge in [-0.2, -0.15) is 0 Å². The van der Waals surface area contributed by atoms with Crippen LogP contribution in [0.15, 0.2) is 0 Å². The molecule has 2 unspecified atom stereocenters. The van der Waals surface area contributed by atoms with Crippen molar-refractivity contribution in [3.05, 3.63) is 0 Å². The molecule has 0 radical (unpaired) electrons. The van der Waals surface area contributed by atoms with E-state index in [4.69, 9.17) is 4.74 Å². The van der Waals surface area contributed by atoms with E-state index in [-0.39, 0.29) is 5.60 Å². The maximum atomic E-state index is 9.19. The van der Waals surface area contributed by atoms with Crippen molar-refractivity contribution in [2.24, 2.45) is 5.92 Å². The summed E-state index contributed by atoms with van der Waals surface area (Å²) in [6.07, 6.45) is 10.3. The maximum Gasteiger partial charge on any atom is 0.0687 e. The largest absolute Gasteiger partial charge is 0.396 e. The van der Waals surface area contributed by atoms with Crippen molar-refractivity contribution in [3.8, 4) is 0 Å². The summed E-state index contributed by atoms with van der Waals surface area (Å²) >= 11 is 0. The molecule has 15 heavy (non-hydrogen) atoms. The van der Waals surface area contributed by atoms with E-state index in [1.807, 2.05) is 0 Å². The van der Waals surface area contributed by atoms with Crippen LogP contribution < -0.4 is 0 Å². The Labute approximate surface area is 93.0 Å². The van der Waals surface area contributed by atoms with Crippen molar-refractivity contribution in [1.82, 2.24) is 0 Å². The summed E-state index contributed by atoms with van der Waals surface area (Å²) < 4.78 is 6.23. The monoisotopic (exact) mass is 212 g/mol. The third-order valence-electron chi connectivity index (χ3n) is 4.29. The average molecular weight is 212 g/mol. The number of hydrogen-bond acceptors (Lipinski definition) is 2. The Morgan fingerprint density at radius 1 is 1.33 bits per heavy atom. The van der Waals surface area contributed by atoms with E-state index in [1.54, 1.807) is 0 Å². The average Bonchev–Trinajstić information content (AvgIpc) is 2.87. The second-order valence-corrected chi connectivity index (χ2v) is 5.36. The topological polar surface area (TPSA) is 29.5 Å². The number of ether oxygens (including phenoxy) is 1. The predicted molar refractivity (Wildman–Crippen MR) is 60.8 cm³/mol. The molecule has 0 aromatic rings. The van der Waals surface area contributed by atoms with Crippen molar-refractivity contribution in [2.75, 3.05) is 6.61 Å². The molecule has 1 aliphatic heterocycles. The van der Waals surface area contributed by atoms with Gasteiger partial charge in [0.05, 0.1) is 11.7 Å². The lowest BCUT2D eigenvalue weighted by atomic mass is 9.95. The number of rotatable bonds is 4. The molecule has 0 amide bonds. The molecule has 2 nitrogen and oxygen atoms in total. The minimum atomic E-state index is 0.262. The van der Waals surface area contributed by atoms with Crippen LogP contribution in [-0.4, -0.2) is 23.4 Å². The van der Waals surface area contributed by atoms with Gasteiger partial charge in [-0.15, -0.1) is 0 Å². The zero-order valence-corrected chi connectivity index (χ0v) is 9.87. The highest BCUT2D eigenvalue weighted by atomic mass is 16.5. The fourth-order valence-electron chi connectivity index (χ4n) is 3.19. The second kappa shape index (κ2) is 4.84. The van der Waals surface area contributed by atoms with Gasteiger partial charge in [0.2, 0.25) is 0 Å². The molecule has 1 saturated carbocycles. The highest BCUT2D eigenvalue weighted by Gasteiger charge is 2.42. The lowest BCUT2D eigenvalue weighted by Gasteiger charge is -2.25. The molecular weight excluding hydrogens is 188 g/mol. The molecule has 0 bridgehead atoms. The fraction of sp³-hybridized carbons (Fsp3) is 1.00. The summed E-state index contributed by atoms with van der Waals surface area (Å²) in [7, 11) is 0. The molecule has 0 aromatic carbocycles. The molecule has 2 heteroatoms. The molecule has 1 aliphatic carbocycles. The molecule has 2 atom stereocenters. The number of hydrogen-bond donors (Lipinski definition) is 1. The molecule has 2 rings (SSSR count). The van der Waals surface area contributed by atoms with Crippen LogP contribution in [0, 0.1) is 5.92 Å². The molecule has 0 aromatic heterocycles. The lowest BCUT2D eigenvalue weighted by Crippen LogP contribution is -2.26. The van der Waals surface area contributed by atoms with Gasteiger partial charge >= 0.3 is 0 Å². The van der Waals surface area contributed by atoms with Crippen molar-refractivity contribution in [3.63, 3.8) is 0 Å². The second-order valence-electron chi connectivity index (χ2n) is 5.36. The van der Waals surface area contributed by atoms with Crippen molar-refractivity contribution >= 4 is 0 Å². The van der Waals surface area contributed by atoms with Crippen molar-refractivity contribution in [1.29, 1.82) is 0 Å². The third-order valence-corrected chi connectivity index (χ3v) is 4.29. The van der Waals surface area contributed by atoms with E-state index in [0.29, 0.717) is 18.6 Å². The Hall–Kier alpha value is -0.0800. The highest BCUT2D eigenvalue weighted by molar-refractivity contribution is 4.93. The van der Waals surface area contributed by atoms with Crippen LogP contribution in [0.1, 0.15) is 58.3 Å². The summed E-state index contributed by atoms with van der Waals surface area (Å²) in [5.74, 6) is 0.451. The van der Waals surface area contributed by atoms with Gasteiger partial charge < -0.3 is 9.84 Å². The summed E-state index contributed by atoms with van der Waals surface area (Å²) in [5, 5.41) is 9.19. The molecule has 88 valence electrons. The standard InChI is InChI=1S/C13H24O2/c1-2-11(10-14)9-12-5-8-13(15-12)6-3-4-7-13/h11-12,14H,2-10H2,1H3. The van der Waals surface area contributed by atoms with Gasteiger partial charge in [0.25, 0.3) is 0 Å². The minimum absolute atomic E-state index is 0.262. The first-order valence-corrected chi connectivity index (χ1v) is 6.57. The maximum absolute atomic E-state index is 9.19. The van der Waals surface area contributed by atoms with Gasteiger partial charge in [0, 0.05) is 6.61 Å². The minimum Gasteiger partial charge on any atom is -0.396 e. The summed E-state index contributed by atoms with van der Waals surface area (Å²) in [6, 6.07) is 0. The van der Waals surface area contributed by atoms with Crippen LogP contribution in [0.3, 0.4) is 0 Å². The van der Waals surface area contributed by atoms with Crippen molar-refractivity contribution < 1.29 is 9.84 Å². The van der Waals surface area contributed by atoms with Gasteiger partial charge in [-0.3, -0.25) is 0 Å². The fourth-order valence-corrected chi connectivity index (χ4v) is 3.19. The van der Waals surface area contributed by atoms with E-state index in [1.165, 1.54) is 38.5 Å². The zero-order valence-electron chi connectivity index (χ0n) is 9.87. The van der Waals surface area contributed by atoms with E-state index in [2.05, 4.69) is 6.92 Å². The lowest BCUT2D eigenvalue weighted by molar-refractivity contribution is -0.0468. The normalized spacial score (nSPS) is 31.2. The van der Waals surface area contributed by atoms with Crippen LogP contribution in [0.5, 0.6) is 0 Å². The molecule has 1 heterocycles. The molecule has 1 saturated heterocycles. The van der Waals surface area contributed by atoms with Crippen LogP contribution in [0.4, 0.5) is 0 Å². The van der Waals surface area contributed by atoms with Gasteiger partial charge in [0.1, 0.15) is 0 Å². The van der Waals surface area contributed by atoms with Crippen molar-refractivity contribution in [2.45, 2.75) is 70.0 Å². The number of aliphatic hydroxyl groups is 1. The Morgan fingerprint density at radius 2 is 2.07 bits per heavy atom. The van der Waals surface area contributed by atoms with Crippen LogP contribution in [-0.2, 0) is 4.74 Å². The Bertz CT molecular complexity index is 193. The first-order valence-electron chi connectivity index (χ1n) is 6.57. The first kappa shape index (κ1) is 11.4. The third kappa shape index (κ3) is 2.54. The van der Waals surface area contributed by atoms with Crippen LogP contribution >= 0.6 is 0 Å². The zero-order chi connectivity index (χ0) is 10.7. The Kier molecular flexibility index (Phi) is 3.68. The summed E-state index contributed by atoms with van der Waals surface area (Å²) in [5.41, 5.74) is 0.262. The Morgan fingerprint density at radius 3 is 2.67 bits per heavy atom. The SMILES string of the molecule is CCC(CO)CC1CCC2(CCCC2)O1. The first-order chi connectivity index (χ1) is 7.28. The van der Waals surface area contributed by atoms with Gasteiger partial charge in [-0.25, -0.2) is 0 Å². The predicted octanol–water partition coefficient (Wildman–Crippen LogP) is 2.89.